The molecule has 1 aliphatic rings. The lowest BCUT2D eigenvalue weighted by Crippen LogP contribution is -2.14. The van der Waals surface area contributed by atoms with Gasteiger partial charge >= 0.3 is 5.97 Å². The average Bonchev–Trinajstić information content (AvgIpc) is 3.22. The zero-order chi connectivity index (χ0) is 14.8. The second-order valence-electron chi connectivity index (χ2n) is 5.37. The molecule has 2 aromatic heterocycles. The highest BCUT2D eigenvalue weighted by Gasteiger charge is 2.28. The van der Waals surface area contributed by atoms with Crippen LogP contribution in [-0.4, -0.2) is 27.1 Å². The van der Waals surface area contributed by atoms with Crippen LogP contribution in [0.3, 0.4) is 0 Å². The summed E-state index contributed by atoms with van der Waals surface area (Å²) >= 11 is 0. The van der Waals surface area contributed by atoms with Crippen molar-refractivity contribution in [1.29, 1.82) is 0 Å². The van der Waals surface area contributed by atoms with Crippen molar-refractivity contribution in [2.75, 3.05) is 6.61 Å². The van der Waals surface area contributed by atoms with Gasteiger partial charge in [-0.2, -0.15) is 0 Å². The molecule has 1 aliphatic carbocycles. The Morgan fingerprint density at radius 2 is 2.33 bits per heavy atom. The van der Waals surface area contributed by atoms with Gasteiger partial charge in [-0.25, -0.2) is 4.98 Å². The summed E-state index contributed by atoms with van der Waals surface area (Å²) in [5, 5.41) is 0. The van der Waals surface area contributed by atoms with E-state index in [-0.39, 0.29) is 11.5 Å². The monoisotopic (exact) mass is 289 g/mol. The summed E-state index contributed by atoms with van der Waals surface area (Å²) in [7, 11) is 0. The first kappa shape index (κ1) is 13.9. The first-order valence-corrected chi connectivity index (χ1v) is 7.43. The van der Waals surface area contributed by atoms with Crippen molar-refractivity contribution in [3.63, 3.8) is 0 Å². The molecule has 112 valence electrons. The Morgan fingerprint density at radius 3 is 3.05 bits per heavy atom. The lowest BCUT2D eigenvalue weighted by atomic mass is 10.2. The smallest absolute Gasteiger partial charge is 0.305 e. The van der Waals surface area contributed by atoms with Gasteiger partial charge in [0.1, 0.15) is 5.52 Å². The molecule has 0 unspecified atom stereocenters. The van der Waals surface area contributed by atoms with Crippen molar-refractivity contribution in [3.8, 4) is 0 Å². The van der Waals surface area contributed by atoms with E-state index < -0.39 is 0 Å². The van der Waals surface area contributed by atoms with E-state index in [9.17, 15) is 9.59 Å². The summed E-state index contributed by atoms with van der Waals surface area (Å²) in [6.07, 6.45) is 4.79. The maximum absolute atomic E-state index is 12.0. The molecule has 0 radical (unpaired) electrons. The van der Waals surface area contributed by atoms with Crippen molar-refractivity contribution in [3.05, 3.63) is 28.4 Å². The van der Waals surface area contributed by atoms with Gasteiger partial charge in [-0.15, -0.1) is 0 Å². The predicted molar refractivity (Wildman–Crippen MR) is 78.2 cm³/mol. The van der Waals surface area contributed by atoms with Crippen LogP contribution in [0.15, 0.2) is 17.2 Å². The molecule has 1 fully saturated rings. The third-order valence-electron chi connectivity index (χ3n) is 3.79. The molecule has 0 atom stereocenters. The number of H-pyrrole nitrogens is 1. The second kappa shape index (κ2) is 5.71. The van der Waals surface area contributed by atoms with Crippen LogP contribution in [0.25, 0.3) is 11.0 Å². The van der Waals surface area contributed by atoms with Crippen molar-refractivity contribution in [2.24, 2.45) is 0 Å². The van der Waals surface area contributed by atoms with Crippen LogP contribution in [0.5, 0.6) is 0 Å². The molecule has 0 spiro atoms. The molecule has 3 rings (SSSR count). The topological polar surface area (TPSA) is 77.0 Å². The number of hydrogen-bond acceptors (Lipinski definition) is 4. The number of aromatic amines is 1. The number of fused-ring (bicyclic) bond motifs is 1. The number of nitrogens with zero attached hydrogens (tertiary/aromatic N) is 2. The summed E-state index contributed by atoms with van der Waals surface area (Å²) in [5.74, 6) is 0.343. The Hall–Kier alpha value is -2.11. The Balaban J connectivity index is 1.84. The van der Waals surface area contributed by atoms with E-state index in [1.54, 1.807) is 6.92 Å². The molecule has 1 saturated carbocycles. The Kier molecular flexibility index (Phi) is 3.77. The van der Waals surface area contributed by atoms with Crippen LogP contribution in [-0.2, 0) is 16.1 Å². The minimum absolute atomic E-state index is 0.122. The van der Waals surface area contributed by atoms with Gasteiger partial charge in [0.2, 0.25) is 0 Å². The standard InChI is InChI=1S/C15H19N3O3/c1-2-21-13(19)4-3-7-18-12(10-5-6-10)8-11-14(18)15(20)17-9-16-11/h8-10H,2-7H2,1H3,(H,16,17,20). The molecule has 0 bridgehead atoms. The molecule has 6 heteroatoms. The molecule has 6 nitrogen and oxygen atoms in total. The van der Waals surface area contributed by atoms with E-state index in [4.69, 9.17) is 4.74 Å². The van der Waals surface area contributed by atoms with Crippen LogP contribution >= 0.6 is 0 Å². The quantitative estimate of drug-likeness (QED) is 0.824. The molecule has 0 saturated heterocycles. The van der Waals surface area contributed by atoms with Gasteiger partial charge in [-0.1, -0.05) is 0 Å². The first-order chi connectivity index (χ1) is 10.2. The number of nitrogens with one attached hydrogen (secondary N) is 1. The molecule has 0 aromatic carbocycles. The van der Waals surface area contributed by atoms with Gasteiger partial charge in [-0.3, -0.25) is 9.59 Å². The Labute approximate surface area is 122 Å². The van der Waals surface area contributed by atoms with Crippen molar-refractivity contribution < 1.29 is 9.53 Å². The normalized spacial score (nSPS) is 14.5. The van der Waals surface area contributed by atoms with E-state index in [1.165, 1.54) is 6.33 Å². The molecular weight excluding hydrogens is 270 g/mol. The van der Waals surface area contributed by atoms with E-state index >= 15 is 0 Å². The lowest BCUT2D eigenvalue weighted by molar-refractivity contribution is -0.143. The van der Waals surface area contributed by atoms with Crippen molar-refractivity contribution in [1.82, 2.24) is 14.5 Å². The number of esters is 1. The highest BCUT2D eigenvalue weighted by molar-refractivity contribution is 5.76. The minimum Gasteiger partial charge on any atom is -0.466 e. The summed E-state index contributed by atoms with van der Waals surface area (Å²) in [6, 6.07) is 2.01. The molecule has 2 aromatic rings. The number of aromatic nitrogens is 3. The Morgan fingerprint density at radius 1 is 1.52 bits per heavy atom. The van der Waals surface area contributed by atoms with E-state index in [0.29, 0.717) is 37.4 Å². The summed E-state index contributed by atoms with van der Waals surface area (Å²) in [5.41, 5.74) is 2.39. The molecule has 2 heterocycles. The van der Waals surface area contributed by atoms with Crippen molar-refractivity contribution in [2.45, 2.75) is 45.1 Å². The second-order valence-corrected chi connectivity index (χ2v) is 5.37. The molecular formula is C15H19N3O3. The predicted octanol–water partition coefficient (Wildman–Crippen LogP) is 1.95. The molecule has 21 heavy (non-hydrogen) atoms. The van der Waals surface area contributed by atoms with Gasteiger partial charge in [0.25, 0.3) is 5.56 Å². The Bertz CT molecular complexity index is 713. The van der Waals surface area contributed by atoms with Gasteiger partial charge in [0.05, 0.1) is 18.5 Å². The van der Waals surface area contributed by atoms with Crippen LogP contribution in [0.2, 0.25) is 0 Å². The van der Waals surface area contributed by atoms with Crippen LogP contribution < -0.4 is 5.56 Å². The summed E-state index contributed by atoms with van der Waals surface area (Å²) in [6.45, 7) is 2.85. The first-order valence-electron chi connectivity index (χ1n) is 7.43. The largest absolute Gasteiger partial charge is 0.466 e. The maximum atomic E-state index is 12.0. The summed E-state index contributed by atoms with van der Waals surface area (Å²) in [4.78, 5) is 30.3. The zero-order valence-electron chi connectivity index (χ0n) is 12.1. The maximum Gasteiger partial charge on any atom is 0.305 e. The van der Waals surface area contributed by atoms with Crippen molar-refractivity contribution >= 4 is 17.0 Å². The third kappa shape index (κ3) is 2.84. The number of carbonyl (C=O) groups excluding carboxylic acids is 1. The average molecular weight is 289 g/mol. The highest BCUT2D eigenvalue weighted by atomic mass is 16.5. The molecule has 0 aliphatic heterocycles. The number of hydrogen-bond donors (Lipinski definition) is 1. The molecule has 0 amide bonds. The fourth-order valence-electron chi connectivity index (χ4n) is 2.69. The summed E-state index contributed by atoms with van der Waals surface area (Å²) < 4.78 is 6.96. The lowest BCUT2D eigenvalue weighted by Gasteiger charge is -2.09. The van der Waals surface area contributed by atoms with Gasteiger partial charge in [0, 0.05) is 18.7 Å². The van der Waals surface area contributed by atoms with Gasteiger partial charge < -0.3 is 14.3 Å². The van der Waals surface area contributed by atoms with E-state index in [2.05, 4.69) is 9.97 Å². The fraction of sp³-hybridized carbons (Fsp3) is 0.533. The SMILES string of the molecule is CCOC(=O)CCCn1c(C2CC2)cc2nc[nH]c(=O)c21. The minimum atomic E-state index is -0.186. The van der Waals surface area contributed by atoms with Crippen LogP contribution in [0, 0.1) is 0 Å². The number of ether oxygens (including phenoxy) is 1. The van der Waals surface area contributed by atoms with Gasteiger partial charge in [0.15, 0.2) is 0 Å². The number of aryl methyl sites for hydroxylation is 1. The fourth-order valence-corrected chi connectivity index (χ4v) is 2.69. The van der Waals surface area contributed by atoms with E-state index in [0.717, 1.165) is 24.1 Å². The van der Waals surface area contributed by atoms with Crippen LogP contribution in [0.4, 0.5) is 0 Å². The van der Waals surface area contributed by atoms with Gasteiger partial charge in [-0.05, 0) is 38.2 Å². The third-order valence-corrected chi connectivity index (χ3v) is 3.79. The van der Waals surface area contributed by atoms with E-state index in [1.807, 2.05) is 10.6 Å². The number of rotatable bonds is 6. The zero-order valence-corrected chi connectivity index (χ0v) is 12.1. The van der Waals surface area contributed by atoms with Crippen LogP contribution in [0.1, 0.15) is 44.2 Å². The molecule has 1 N–H and O–H groups in total. The number of carbonyl (C=O) groups is 1. The highest BCUT2D eigenvalue weighted by Crippen LogP contribution is 2.41.